The molecule has 0 aliphatic heterocycles. The van der Waals surface area contributed by atoms with Crippen LogP contribution in [0.25, 0.3) is 0 Å². The Morgan fingerprint density at radius 1 is 1.54 bits per heavy atom. The lowest BCUT2D eigenvalue weighted by atomic mass is 10.4. The van der Waals surface area contributed by atoms with Crippen LogP contribution in [0.2, 0.25) is 0 Å². The standard InChI is InChI=1S/C7H12N2O4/c1-5(2)6(10)13-4-3-8-9-7(11)12/h8-9H,1,3-4H2,2H3,(H,11,12). The van der Waals surface area contributed by atoms with Crippen LogP contribution in [0.5, 0.6) is 0 Å². The van der Waals surface area contributed by atoms with Crippen LogP contribution in [-0.2, 0) is 9.53 Å². The van der Waals surface area contributed by atoms with Gasteiger partial charge in [0.2, 0.25) is 0 Å². The van der Waals surface area contributed by atoms with Gasteiger partial charge in [0.05, 0.1) is 0 Å². The van der Waals surface area contributed by atoms with Crippen molar-refractivity contribution in [2.45, 2.75) is 6.92 Å². The minimum atomic E-state index is -1.19. The normalized spacial score (nSPS) is 9.00. The number of nitrogens with one attached hydrogen (secondary N) is 2. The Labute approximate surface area is 75.5 Å². The predicted octanol–water partition coefficient (Wildman–Crippen LogP) is -0.122. The van der Waals surface area contributed by atoms with Crippen molar-refractivity contribution in [2.24, 2.45) is 0 Å². The van der Waals surface area contributed by atoms with Gasteiger partial charge in [0.25, 0.3) is 0 Å². The van der Waals surface area contributed by atoms with Crippen molar-refractivity contribution in [2.75, 3.05) is 13.2 Å². The lowest BCUT2D eigenvalue weighted by Crippen LogP contribution is -2.38. The third kappa shape index (κ3) is 6.82. The van der Waals surface area contributed by atoms with Gasteiger partial charge >= 0.3 is 12.1 Å². The lowest BCUT2D eigenvalue weighted by molar-refractivity contribution is -0.138. The van der Waals surface area contributed by atoms with Gasteiger partial charge in [0.1, 0.15) is 6.61 Å². The average molecular weight is 188 g/mol. The van der Waals surface area contributed by atoms with E-state index in [9.17, 15) is 9.59 Å². The zero-order valence-electron chi connectivity index (χ0n) is 7.29. The Morgan fingerprint density at radius 3 is 2.62 bits per heavy atom. The Bertz CT molecular complexity index is 215. The molecule has 0 aromatic rings. The highest BCUT2D eigenvalue weighted by Crippen LogP contribution is 1.90. The Morgan fingerprint density at radius 2 is 2.15 bits per heavy atom. The first kappa shape index (κ1) is 11.4. The SMILES string of the molecule is C=C(C)C(=O)OCCNNC(=O)O. The van der Waals surface area contributed by atoms with Gasteiger partial charge in [0.15, 0.2) is 0 Å². The molecule has 0 aromatic heterocycles. The molecule has 0 rings (SSSR count). The van der Waals surface area contributed by atoms with Crippen LogP contribution in [0.15, 0.2) is 12.2 Å². The van der Waals surface area contributed by atoms with Gasteiger partial charge in [-0.1, -0.05) is 6.58 Å². The van der Waals surface area contributed by atoms with Crippen molar-refractivity contribution < 1.29 is 19.4 Å². The predicted molar refractivity (Wildman–Crippen MR) is 44.9 cm³/mol. The molecule has 0 saturated carbocycles. The van der Waals surface area contributed by atoms with Crippen LogP contribution in [0.3, 0.4) is 0 Å². The van der Waals surface area contributed by atoms with Gasteiger partial charge < -0.3 is 9.84 Å². The molecular weight excluding hydrogens is 176 g/mol. The zero-order valence-corrected chi connectivity index (χ0v) is 7.29. The first-order valence-electron chi connectivity index (χ1n) is 3.58. The molecule has 3 N–H and O–H groups in total. The fraction of sp³-hybridized carbons (Fsp3) is 0.429. The van der Waals surface area contributed by atoms with E-state index < -0.39 is 12.1 Å². The molecule has 0 fully saturated rings. The minimum Gasteiger partial charge on any atom is -0.464 e. The van der Waals surface area contributed by atoms with E-state index in [1.165, 1.54) is 6.92 Å². The van der Waals surface area contributed by atoms with E-state index >= 15 is 0 Å². The smallest absolute Gasteiger partial charge is 0.419 e. The van der Waals surface area contributed by atoms with E-state index in [1.807, 2.05) is 5.43 Å². The van der Waals surface area contributed by atoms with E-state index in [-0.39, 0.29) is 13.2 Å². The number of carbonyl (C=O) groups excluding carboxylic acids is 1. The Kier molecular flexibility index (Phi) is 5.29. The third-order valence-electron chi connectivity index (χ3n) is 1.00. The minimum absolute atomic E-state index is 0.0893. The van der Waals surface area contributed by atoms with Crippen LogP contribution < -0.4 is 10.9 Å². The first-order chi connectivity index (χ1) is 6.04. The summed E-state index contributed by atoms with van der Waals surface area (Å²) in [6.45, 7) is 5.21. The molecule has 0 aliphatic carbocycles. The number of esters is 1. The fourth-order valence-corrected chi connectivity index (χ4v) is 0.456. The molecule has 74 valence electrons. The highest BCUT2D eigenvalue weighted by molar-refractivity contribution is 5.86. The van der Waals surface area contributed by atoms with Gasteiger partial charge in [0, 0.05) is 12.1 Å². The zero-order chi connectivity index (χ0) is 10.3. The monoisotopic (exact) mass is 188 g/mol. The van der Waals surface area contributed by atoms with Crippen LogP contribution in [0.1, 0.15) is 6.92 Å². The molecule has 0 aromatic carbocycles. The molecule has 1 amide bonds. The maximum Gasteiger partial charge on any atom is 0.419 e. The second-order valence-corrected chi connectivity index (χ2v) is 2.27. The molecule has 6 heteroatoms. The molecule has 0 aliphatic rings. The summed E-state index contributed by atoms with van der Waals surface area (Å²) in [4.78, 5) is 20.7. The molecule has 13 heavy (non-hydrogen) atoms. The molecule has 6 nitrogen and oxygen atoms in total. The number of rotatable bonds is 5. The van der Waals surface area contributed by atoms with E-state index in [4.69, 9.17) is 5.11 Å². The summed E-state index contributed by atoms with van der Waals surface area (Å²) in [6, 6.07) is 0. The second-order valence-electron chi connectivity index (χ2n) is 2.27. The van der Waals surface area contributed by atoms with E-state index in [0.29, 0.717) is 5.57 Å². The summed E-state index contributed by atoms with van der Waals surface area (Å²) in [5, 5.41) is 8.11. The topological polar surface area (TPSA) is 87.7 Å². The quantitative estimate of drug-likeness (QED) is 0.242. The van der Waals surface area contributed by atoms with E-state index in [2.05, 4.69) is 16.7 Å². The van der Waals surface area contributed by atoms with Crippen LogP contribution in [-0.4, -0.2) is 30.3 Å². The lowest BCUT2D eigenvalue weighted by Gasteiger charge is -2.04. The fourth-order valence-electron chi connectivity index (χ4n) is 0.456. The van der Waals surface area contributed by atoms with Crippen molar-refractivity contribution >= 4 is 12.1 Å². The summed E-state index contributed by atoms with van der Waals surface area (Å²) in [6.07, 6.45) is -1.19. The molecule has 0 spiro atoms. The van der Waals surface area contributed by atoms with Crippen LogP contribution >= 0.6 is 0 Å². The second kappa shape index (κ2) is 6.01. The summed E-state index contributed by atoms with van der Waals surface area (Å²) in [5.74, 6) is -0.489. The number of carbonyl (C=O) groups is 2. The van der Waals surface area contributed by atoms with Gasteiger partial charge in [-0.25, -0.2) is 15.0 Å². The van der Waals surface area contributed by atoms with E-state index in [0.717, 1.165) is 0 Å². The number of carboxylic acid groups (broad SMARTS) is 1. The Balaban J connectivity index is 3.31. The van der Waals surface area contributed by atoms with Crippen molar-refractivity contribution in [3.63, 3.8) is 0 Å². The molecule has 0 unspecified atom stereocenters. The van der Waals surface area contributed by atoms with Crippen molar-refractivity contribution in [1.82, 2.24) is 10.9 Å². The number of ether oxygens (including phenoxy) is 1. The van der Waals surface area contributed by atoms with Gasteiger partial charge in [-0.3, -0.25) is 5.43 Å². The maximum absolute atomic E-state index is 10.8. The van der Waals surface area contributed by atoms with Crippen molar-refractivity contribution in [3.8, 4) is 0 Å². The van der Waals surface area contributed by atoms with Gasteiger partial charge in [-0.2, -0.15) is 0 Å². The van der Waals surface area contributed by atoms with Crippen molar-refractivity contribution in [3.05, 3.63) is 12.2 Å². The molecule has 0 radical (unpaired) electrons. The molecule has 0 saturated heterocycles. The molecule has 0 bridgehead atoms. The van der Waals surface area contributed by atoms with Gasteiger partial charge in [-0.05, 0) is 6.92 Å². The van der Waals surface area contributed by atoms with Gasteiger partial charge in [-0.15, -0.1) is 0 Å². The van der Waals surface area contributed by atoms with E-state index in [1.54, 1.807) is 0 Å². The first-order valence-corrected chi connectivity index (χ1v) is 3.58. The highest BCUT2D eigenvalue weighted by atomic mass is 16.5. The molecular formula is C7H12N2O4. The summed E-state index contributed by atoms with van der Waals surface area (Å²) in [5.41, 5.74) is 4.54. The molecule has 0 heterocycles. The number of amides is 1. The average Bonchev–Trinajstić information content (AvgIpc) is 2.02. The third-order valence-corrected chi connectivity index (χ3v) is 1.00. The number of hydrogen-bond donors (Lipinski definition) is 3. The Hall–Kier alpha value is -1.56. The maximum atomic E-state index is 10.8. The molecule has 0 atom stereocenters. The van der Waals surface area contributed by atoms with Crippen LogP contribution in [0.4, 0.5) is 4.79 Å². The summed E-state index contributed by atoms with van der Waals surface area (Å²) < 4.78 is 4.65. The summed E-state index contributed by atoms with van der Waals surface area (Å²) >= 11 is 0. The largest absolute Gasteiger partial charge is 0.464 e. The van der Waals surface area contributed by atoms with Crippen LogP contribution in [0, 0.1) is 0 Å². The number of hydrazine groups is 1. The summed E-state index contributed by atoms with van der Waals surface area (Å²) in [7, 11) is 0. The highest BCUT2D eigenvalue weighted by Gasteiger charge is 2.01. The number of hydrogen-bond acceptors (Lipinski definition) is 4. The van der Waals surface area contributed by atoms with Crippen molar-refractivity contribution in [1.29, 1.82) is 0 Å².